The van der Waals surface area contributed by atoms with E-state index in [0.29, 0.717) is 6.42 Å². The van der Waals surface area contributed by atoms with Crippen molar-refractivity contribution in [1.29, 1.82) is 0 Å². The third-order valence-electron chi connectivity index (χ3n) is 5.18. The van der Waals surface area contributed by atoms with E-state index >= 15 is 0 Å². The van der Waals surface area contributed by atoms with Gasteiger partial charge in [-0.1, -0.05) is 69.7 Å². The summed E-state index contributed by atoms with van der Waals surface area (Å²) in [6, 6.07) is 5.41. The van der Waals surface area contributed by atoms with E-state index in [9.17, 15) is 19.8 Å². The number of amides is 1. The molecule has 1 rings (SSSR count). The zero-order chi connectivity index (χ0) is 22.0. The van der Waals surface area contributed by atoms with Crippen LogP contribution < -0.4 is 5.32 Å². The molecule has 3 N–H and O–H groups in total. The van der Waals surface area contributed by atoms with Gasteiger partial charge in [-0.25, -0.2) is 4.79 Å². The zero-order valence-electron chi connectivity index (χ0n) is 18.4. The number of phenolic OH excluding ortho intramolecular Hbond substituents is 1. The quantitative estimate of drug-likeness (QED) is 0.222. The van der Waals surface area contributed by atoms with Crippen LogP contribution in [0, 0.1) is 0 Å². The molecule has 0 fully saturated rings. The highest BCUT2D eigenvalue weighted by Gasteiger charge is 2.20. The first kappa shape index (κ1) is 25.7. The van der Waals surface area contributed by atoms with E-state index in [4.69, 9.17) is 0 Å². The molecule has 0 aliphatic rings. The maximum Gasteiger partial charge on any atom is 0.326 e. The Kier molecular flexibility index (Phi) is 14.1. The Morgan fingerprint density at radius 2 is 1.47 bits per heavy atom. The summed E-state index contributed by atoms with van der Waals surface area (Å²) in [7, 11) is 0. The van der Waals surface area contributed by atoms with Crippen LogP contribution in [0.4, 0.5) is 0 Å². The fourth-order valence-corrected chi connectivity index (χ4v) is 3.34. The van der Waals surface area contributed by atoms with Gasteiger partial charge in [-0.05, 0) is 49.8 Å². The molecule has 1 atom stereocenters. The molecule has 0 unspecified atom stereocenters. The highest BCUT2D eigenvalue weighted by molar-refractivity contribution is 5.83. The Balaban J connectivity index is 2.09. The predicted octanol–water partition coefficient (Wildman–Crippen LogP) is 5.76. The van der Waals surface area contributed by atoms with Crippen LogP contribution >= 0.6 is 0 Å². The fourth-order valence-electron chi connectivity index (χ4n) is 3.34. The van der Waals surface area contributed by atoms with Gasteiger partial charge in [0.05, 0.1) is 0 Å². The number of nitrogens with one attached hydrogen (secondary N) is 1. The van der Waals surface area contributed by atoms with E-state index in [1.54, 1.807) is 12.1 Å². The molecule has 0 radical (unpaired) electrons. The molecule has 1 aromatic carbocycles. The number of carboxylic acids is 1. The Hall–Kier alpha value is -2.30. The van der Waals surface area contributed by atoms with Crippen molar-refractivity contribution in [3.63, 3.8) is 0 Å². The summed E-state index contributed by atoms with van der Waals surface area (Å²) in [4.78, 5) is 23.5. The molecule has 1 aromatic rings. The number of carbonyl (C=O) groups is 2. The molecule has 30 heavy (non-hydrogen) atoms. The number of carbonyl (C=O) groups excluding carboxylic acids is 1. The van der Waals surface area contributed by atoms with Crippen molar-refractivity contribution in [1.82, 2.24) is 5.32 Å². The van der Waals surface area contributed by atoms with Crippen LogP contribution in [0.15, 0.2) is 36.4 Å². The van der Waals surface area contributed by atoms with Crippen molar-refractivity contribution in [2.24, 2.45) is 0 Å². The lowest BCUT2D eigenvalue weighted by Crippen LogP contribution is -2.42. The van der Waals surface area contributed by atoms with Crippen molar-refractivity contribution in [3.05, 3.63) is 42.0 Å². The van der Waals surface area contributed by atoms with E-state index in [1.165, 1.54) is 57.1 Å². The van der Waals surface area contributed by atoms with E-state index in [1.807, 2.05) is 0 Å². The Morgan fingerprint density at radius 3 is 2.07 bits per heavy atom. The number of unbranched alkanes of at least 4 members (excludes halogenated alkanes) is 9. The average molecular weight is 418 g/mol. The van der Waals surface area contributed by atoms with Crippen molar-refractivity contribution in [2.75, 3.05) is 0 Å². The zero-order valence-corrected chi connectivity index (χ0v) is 18.4. The molecule has 0 aliphatic carbocycles. The largest absolute Gasteiger partial charge is 0.508 e. The van der Waals surface area contributed by atoms with Crippen molar-refractivity contribution in [2.45, 2.75) is 96.4 Å². The second-order valence-corrected chi connectivity index (χ2v) is 7.96. The highest BCUT2D eigenvalue weighted by Crippen LogP contribution is 2.12. The topological polar surface area (TPSA) is 86.6 Å². The van der Waals surface area contributed by atoms with E-state index in [0.717, 1.165) is 31.2 Å². The first-order chi connectivity index (χ1) is 14.5. The smallest absolute Gasteiger partial charge is 0.326 e. The Bertz CT molecular complexity index is 625. The number of carboxylic acid groups (broad SMARTS) is 1. The summed E-state index contributed by atoms with van der Waals surface area (Å²) in [5.41, 5.74) is 0.760. The molecule has 0 saturated carbocycles. The summed E-state index contributed by atoms with van der Waals surface area (Å²) >= 11 is 0. The van der Waals surface area contributed by atoms with Crippen molar-refractivity contribution in [3.8, 4) is 5.75 Å². The van der Waals surface area contributed by atoms with E-state index in [-0.39, 0.29) is 18.1 Å². The lowest BCUT2D eigenvalue weighted by atomic mass is 10.0. The average Bonchev–Trinajstić information content (AvgIpc) is 2.72. The summed E-state index contributed by atoms with van der Waals surface area (Å²) < 4.78 is 0. The third-order valence-corrected chi connectivity index (χ3v) is 5.18. The minimum Gasteiger partial charge on any atom is -0.508 e. The number of aliphatic carboxylic acids is 1. The van der Waals surface area contributed by atoms with Crippen LogP contribution in [0.25, 0.3) is 0 Å². The lowest BCUT2D eigenvalue weighted by Gasteiger charge is -2.14. The fraction of sp³-hybridized carbons (Fsp3) is 0.600. The van der Waals surface area contributed by atoms with Crippen molar-refractivity contribution >= 4 is 11.9 Å². The van der Waals surface area contributed by atoms with Gasteiger partial charge in [0.15, 0.2) is 0 Å². The van der Waals surface area contributed by atoms with E-state index < -0.39 is 12.0 Å². The van der Waals surface area contributed by atoms with Gasteiger partial charge in [-0.2, -0.15) is 0 Å². The summed E-state index contributed by atoms with van der Waals surface area (Å²) in [5.74, 6) is -1.13. The minimum absolute atomic E-state index is 0.132. The predicted molar refractivity (Wildman–Crippen MR) is 122 cm³/mol. The normalized spacial score (nSPS) is 12.2. The number of benzene rings is 1. The van der Waals surface area contributed by atoms with Gasteiger partial charge in [-0.3, -0.25) is 4.79 Å². The second-order valence-electron chi connectivity index (χ2n) is 7.96. The lowest BCUT2D eigenvalue weighted by molar-refractivity contribution is -0.141. The second kappa shape index (κ2) is 16.5. The van der Waals surface area contributed by atoms with Crippen LogP contribution in [0.2, 0.25) is 0 Å². The number of phenols is 1. The van der Waals surface area contributed by atoms with Crippen molar-refractivity contribution < 1.29 is 19.8 Å². The minimum atomic E-state index is -1.05. The van der Waals surface area contributed by atoms with Gasteiger partial charge in [0.2, 0.25) is 5.91 Å². The molecule has 5 nitrogen and oxygen atoms in total. The van der Waals surface area contributed by atoms with Gasteiger partial charge in [0, 0.05) is 12.8 Å². The molecule has 0 saturated heterocycles. The van der Waals surface area contributed by atoms with Crippen LogP contribution in [-0.4, -0.2) is 28.1 Å². The monoisotopic (exact) mass is 417 g/mol. The Morgan fingerprint density at radius 1 is 0.900 bits per heavy atom. The van der Waals surface area contributed by atoms with Crippen LogP contribution in [0.3, 0.4) is 0 Å². The molecule has 0 spiro atoms. The molecule has 0 heterocycles. The summed E-state index contributed by atoms with van der Waals surface area (Å²) in [6.07, 6.45) is 18.0. The molecule has 1 amide bonds. The number of hydrogen-bond acceptors (Lipinski definition) is 3. The van der Waals surface area contributed by atoms with Crippen LogP contribution in [0.5, 0.6) is 5.75 Å². The van der Waals surface area contributed by atoms with Crippen LogP contribution in [0.1, 0.15) is 89.5 Å². The van der Waals surface area contributed by atoms with Gasteiger partial charge in [-0.15, -0.1) is 0 Å². The molecule has 0 aromatic heterocycles. The van der Waals surface area contributed by atoms with Gasteiger partial charge >= 0.3 is 5.97 Å². The molecule has 0 aliphatic heterocycles. The van der Waals surface area contributed by atoms with Crippen LogP contribution in [-0.2, 0) is 16.0 Å². The van der Waals surface area contributed by atoms with Gasteiger partial charge in [0.25, 0.3) is 0 Å². The molecule has 0 bridgehead atoms. The SMILES string of the molecule is CCCCCCC=CCCCCCCCC(=O)N[C@H](Cc1ccc(O)cc1)C(=O)O. The summed E-state index contributed by atoms with van der Waals surface area (Å²) in [6.45, 7) is 2.23. The van der Waals surface area contributed by atoms with Gasteiger partial charge < -0.3 is 15.5 Å². The number of rotatable bonds is 17. The number of allylic oxidation sites excluding steroid dienone is 2. The highest BCUT2D eigenvalue weighted by atomic mass is 16.4. The maximum atomic E-state index is 12.1. The third kappa shape index (κ3) is 13.0. The van der Waals surface area contributed by atoms with Gasteiger partial charge in [0.1, 0.15) is 11.8 Å². The first-order valence-corrected chi connectivity index (χ1v) is 11.5. The number of hydrogen-bond donors (Lipinski definition) is 3. The molecule has 168 valence electrons. The molecular weight excluding hydrogens is 378 g/mol. The van der Waals surface area contributed by atoms with E-state index in [2.05, 4.69) is 24.4 Å². The Labute approximate surface area is 181 Å². The number of aromatic hydroxyl groups is 1. The standard InChI is InChI=1S/C25H39NO4/c1-2-3-4-5-6-7-8-9-10-11-12-13-14-15-24(28)26-23(25(29)30)20-21-16-18-22(27)19-17-21/h7-8,16-19,23,27H,2-6,9-15,20H2,1H3,(H,26,28)(H,29,30)/t23-/m1/s1. The summed E-state index contributed by atoms with van der Waals surface area (Å²) in [5, 5.41) is 21.3. The molecule has 5 heteroatoms. The first-order valence-electron chi connectivity index (χ1n) is 11.5. The molecular formula is C25H39NO4. The maximum absolute atomic E-state index is 12.1.